The standard InChI is InChI=1S/C3H8NS.Li/c1-3(5)2-4;/h5H,2,4H2,1H3;/q-1;+1. The van der Waals surface area contributed by atoms with E-state index in [-0.39, 0.29) is 18.9 Å². The second kappa shape index (κ2) is 5.91. The molecule has 0 amide bonds. The van der Waals surface area contributed by atoms with Crippen molar-refractivity contribution in [2.24, 2.45) is 5.73 Å². The molecule has 0 aliphatic rings. The Bertz CT molecular complexity index is 24.8. The Morgan fingerprint density at radius 3 is 2.00 bits per heavy atom. The van der Waals surface area contributed by atoms with Gasteiger partial charge in [-0.15, -0.1) is 6.54 Å². The third-order valence-corrected chi connectivity index (χ3v) is 0.478. The molecule has 0 fully saturated rings. The third-order valence-electron chi connectivity index (χ3n) is 0.295. The molecule has 0 radical (unpaired) electrons. The van der Waals surface area contributed by atoms with Crippen molar-refractivity contribution in [3.63, 3.8) is 0 Å². The summed E-state index contributed by atoms with van der Waals surface area (Å²) in [5, 5.41) is 0.977. The molecule has 0 aromatic heterocycles. The first-order chi connectivity index (χ1) is 2.27. The fourth-order valence-electron chi connectivity index (χ4n) is 0. The smallest absolute Gasteiger partial charge is 0.365 e. The molecule has 1 nitrogen and oxygen atoms in total. The largest absolute Gasteiger partial charge is 1.00 e. The molecule has 0 bridgehead atoms. The van der Waals surface area contributed by atoms with Crippen LogP contribution in [-0.4, -0.2) is 6.54 Å². The molecule has 0 unspecified atom stereocenters. The Morgan fingerprint density at radius 2 is 2.00 bits per heavy atom. The average molecular weight is 97.1 g/mol. The molecule has 3 heteroatoms. The zero-order valence-corrected chi connectivity index (χ0v) is 5.13. The van der Waals surface area contributed by atoms with Gasteiger partial charge in [-0.2, -0.15) is 6.92 Å². The molecule has 0 heterocycles. The van der Waals surface area contributed by atoms with Crippen LogP contribution in [0.25, 0.3) is 0 Å². The Morgan fingerprint density at radius 1 is 1.83 bits per heavy atom. The Balaban J connectivity index is 0. The summed E-state index contributed by atoms with van der Waals surface area (Å²) in [5.41, 5.74) is 5.06. The minimum Gasteiger partial charge on any atom is -0.365 e. The fraction of sp³-hybridized carbons (Fsp3) is 0.667. The van der Waals surface area contributed by atoms with E-state index in [9.17, 15) is 0 Å². The fourth-order valence-corrected chi connectivity index (χ4v) is 0. The Kier molecular flexibility index (Phi) is 9.85. The number of thiol groups is 1. The molecule has 2 N–H and O–H groups in total. The van der Waals surface area contributed by atoms with Crippen molar-refractivity contribution in [1.29, 1.82) is 0 Å². The van der Waals surface area contributed by atoms with Crippen LogP contribution < -0.4 is 24.6 Å². The van der Waals surface area contributed by atoms with E-state index in [0.717, 1.165) is 5.25 Å². The van der Waals surface area contributed by atoms with E-state index in [1.165, 1.54) is 0 Å². The zero-order chi connectivity index (χ0) is 4.28. The summed E-state index contributed by atoms with van der Waals surface area (Å²) in [6, 6.07) is 0. The summed E-state index contributed by atoms with van der Waals surface area (Å²) in [4.78, 5) is 0. The Hall–Kier alpha value is 0.907. The van der Waals surface area contributed by atoms with Gasteiger partial charge in [0.1, 0.15) is 0 Å². The first kappa shape index (κ1) is 10.0. The quantitative estimate of drug-likeness (QED) is 0.210. The van der Waals surface area contributed by atoms with Crippen LogP contribution in [0.2, 0.25) is 0 Å². The summed E-state index contributed by atoms with van der Waals surface area (Å²) < 4.78 is 0. The van der Waals surface area contributed by atoms with Crippen molar-refractivity contribution < 1.29 is 18.9 Å². The summed E-state index contributed by atoms with van der Waals surface area (Å²) >= 11 is 3.89. The predicted octanol–water partition coefficient (Wildman–Crippen LogP) is -2.57. The summed E-state index contributed by atoms with van der Waals surface area (Å²) in [7, 11) is 0. The molecule has 0 aliphatic heterocycles. The van der Waals surface area contributed by atoms with Crippen molar-refractivity contribution in [3.05, 3.63) is 5.25 Å². The van der Waals surface area contributed by atoms with Crippen molar-refractivity contribution >= 4 is 12.6 Å². The molecule has 0 aliphatic carbocycles. The maximum absolute atomic E-state index is 5.06. The molecule has 0 aromatic rings. The second-order valence-corrected chi connectivity index (χ2v) is 1.70. The van der Waals surface area contributed by atoms with E-state index in [0.29, 0.717) is 6.54 Å². The number of nitrogens with two attached hydrogens (primary N) is 1. The van der Waals surface area contributed by atoms with Crippen LogP contribution in [0, 0.1) is 5.25 Å². The van der Waals surface area contributed by atoms with E-state index in [4.69, 9.17) is 5.73 Å². The predicted molar refractivity (Wildman–Crippen MR) is 27.0 cm³/mol. The maximum Gasteiger partial charge on any atom is 1.00 e. The van der Waals surface area contributed by atoms with Gasteiger partial charge in [0.05, 0.1) is 0 Å². The molecule has 0 spiro atoms. The van der Waals surface area contributed by atoms with Gasteiger partial charge in [0.15, 0.2) is 0 Å². The molecule has 0 saturated carbocycles. The summed E-state index contributed by atoms with van der Waals surface area (Å²) in [5.74, 6) is 0. The third kappa shape index (κ3) is 8.86. The van der Waals surface area contributed by atoms with E-state index >= 15 is 0 Å². The monoisotopic (exact) mass is 97.1 g/mol. The minimum atomic E-state index is 0. The van der Waals surface area contributed by atoms with Crippen molar-refractivity contribution in [2.45, 2.75) is 6.92 Å². The van der Waals surface area contributed by atoms with E-state index in [2.05, 4.69) is 12.6 Å². The van der Waals surface area contributed by atoms with E-state index < -0.39 is 0 Å². The topological polar surface area (TPSA) is 26.0 Å². The van der Waals surface area contributed by atoms with Gasteiger partial charge < -0.3 is 18.4 Å². The number of rotatable bonds is 1. The van der Waals surface area contributed by atoms with Gasteiger partial charge in [-0.1, -0.05) is 0 Å². The molecule has 32 valence electrons. The van der Waals surface area contributed by atoms with Crippen LogP contribution in [-0.2, 0) is 0 Å². The molecule has 0 aromatic carbocycles. The molecular weight excluding hydrogens is 89.0 g/mol. The molecular formula is C3H8LiNS. The first-order valence-electron chi connectivity index (χ1n) is 1.49. The van der Waals surface area contributed by atoms with Gasteiger partial charge in [0.25, 0.3) is 0 Å². The number of hydrogen-bond acceptors (Lipinski definition) is 2. The van der Waals surface area contributed by atoms with Gasteiger partial charge in [0, 0.05) is 0 Å². The normalized spacial score (nSPS) is 8.00. The first-order valence-corrected chi connectivity index (χ1v) is 1.93. The maximum atomic E-state index is 5.06. The average Bonchev–Trinajstić information content (AvgIpc) is 1.38. The van der Waals surface area contributed by atoms with Gasteiger partial charge in [-0.05, 0) is 0 Å². The van der Waals surface area contributed by atoms with Crippen LogP contribution in [0.4, 0.5) is 0 Å². The Labute approximate surface area is 56.3 Å². The van der Waals surface area contributed by atoms with Gasteiger partial charge >= 0.3 is 18.9 Å². The number of hydrogen-bond donors (Lipinski definition) is 2. The van der Waals surface area contributed by atoms with Gasteiger partial charge in [-0.3, -0.25) is 5.25 Å². The molecule has 0 rings (SSSR count). The van der Waals surface area contributed by atoms with Crippen LogP contribution in [0.3, 0.4) is 0 Å². The molecule has 0 saturated heterocycles. The van der Waals surface area contributed by atoms with Gasteiger partial charge in [0.2, 0.25) is 0 Å². The van der Waals surface area contributed by atoms with Gasteiger partial charge in [-0.25, -0.2) is 0 Å². The summed E-state index contributed by atoms with van der Waals surface area (Å²) in [6.07, 6.45) is 0. The molecule has 0 atom stereocenters. The summed E-state index contributed by atoms with van der Waals surface area (Å²) in [6.45, 7) is 2.46. The van der Waals surface area contributed by atoms with E-state index in [1.807, 2.05) is 6.92 Å². The van der Waals surface area contributed by atoms with Crippen LogP contribution in [0.5, 0.6) is 0 Å². The van der Waals surface area contributed by atoms with Crippen molar-refractivity contribution in [1.82, 2.24) is 0 Å². The second-order valence-electron chi connectivity index (χ2n) is 0.939. The van der Waals surface area contributed by atoms with Crippen LogP contribution in [0.15, 0.2) is 0 Å². The van der Waals surface area contributed by atoms with Crippen LogP contribution >= 0.6 is 12.6 Å². The zero-order valence-electron chi connectivity index (χ0n) is 4.23. The van der Waals surface area contributed by atoms with Crippen LogP contribution in [0.1, 0.15) is 6.92 Å². The van der Waals surface area contributed by atoms with Crippen molar-refractivity contribution in [2.75, 3.05) is 6.54 Å². The molecule has 6 heavy (non-hydrogen) atoms. The SMILES string of the molecule is C[C-](S)CN.[Li+]. The minimum absolute atomic E-state index is 0. The van der Waals surface area contributed by atoms with Crippen molar-refractivity contribution in [3.8, 4) is 0 Å². The van der Waals surface area contributed by atoms with E-state index in [1.54, 1.807) is 0 Å².